The van der Waals surface area contributed by atoms with Gasteiger partial charge in [-0.15, -0.1) is 0 Å². The molecule has 0 aliphatic carbocycles. The van der Waals surface area contributed by atoms with E-state index in [1.54, 1.807) is 0 Å². The van der Waals surface area contributed by atoms with E-state index in [1.807, 2.05) is 0 Å². The molecular formula is C18H11F6N3O4. The van der Waals surface area contributed by atoms with Crippen LogP contribution in [0, 0.1) is 0 Å². The number of alkyl halides is 6. The molecule has 1 aromatic carbocycles. The second kappa shape index (κ2) is 7.89. The van der Waals surface area contributed by atoms with Crippen LogP contribution in [0.2, 0.25) is 0 Å². The number of aromatic nitrogens is 3. The van der Waals surface area contributed by atoms with E-state index in [1.165, 1.54) is 6.07 Å². The van der Waals surface area contributed by atoms with Gasteiger partial charge in [-0.3, -0.25) is 9.59 Å². The van der Waals surface area contributed by atoms with E-state index < -0.39 is 53.6 Å². The third-order valence-electron chi connectivity index (χ3n) is 4.22. The molecule has 0 radical (unpaired) electrons. The highest BCUT2D eigenvalue weighted by atomic mass is 19.4. The van der Waals surface area contributed by atoms with Gasteiger partial charge in [-0.1, -0.05) is 23.4 Å². The molecule has 0 saturated carbocycles. The first-order valence-electron chi connectivity index (χ1n) is 8.38. The zero-order valence-corrected chi connectivity index (χ0v) is 15.1. The summed E-state index contributed by atoms with van der Waals surface area (Å²) in [4.78, 5) is 27.1. The number of pyridine rings is 1. The maximum Gasteiger partial charge on any atom is 0.471 e. The van der Waals surface area contributed by atoms with Crippen molar-refractivity contribution in [1.82, 2.24) is 14.7 Å². The van der Waals surface area contributed by atoms with Crippen LogP contribution in [-0.2, 0) is 23.7 Å². The first-order valence-corrected chi connectivity index (χ1v) is 8.38. The number of nitrogens with zero attached hydrogens (tertiary/aromatic N) is 3. The molecule has 164 valence electrons. The fourth-order valence-corrected chi connectivity index (χ4v) is 2.71. The van der Waals surface area contributed by atoms with Gasteiger partial charge in [0.15, 0.2) is 0 Å². The van der Waals surface area contributed by atoms with E-state index in [-0.39, 0.29) is 11.1 Å². The second-order valence-corrected chi connectivity index (χ2v) is 6.34. The normalized spacial score (nSPS) is 13.2. The van der Waals surface area contributed by atoms with Crippen molar-refractivity contribution in [2.24, 2.45) is 0 Å². The van der Waals surface area contributed by atoms with E-state index in [0.29, 0.717) is 6.07 Å². The SMILES string of the molecule is O=C(O)C(Cn1ccc(-c2noc(C(F)(F)F)n2)cc1=O)c1cccc(C(F)(F)F)c1. The summed E-state index contributed by atoms with van der Waals surface area (Å²) in [7, 11) is 0. The van der Waals surface area contributed by atoms with Crippen LogP contribution in [0.5, 0.6) is 0 Å². The first kappa shape index (κ1) is 22.1. The van der Waals surface area contributed by atoms with Crippen LogP contribution in [-0.4, -0.2) is 25.8 Å². The summed E-state index contributed by atoms with van der Waals surface area (Å²) in [5.41, 5.74) is -2.16. The minimum atomic E-state index is -4.88. The van der Waals surface area contributed by atoms with Crippen LogP contribution < -0.4 is 5.56 Å². The van der Waals surface area contributed by atoms with Crippen LogP contribution in [0.15, 0.2) is 51.9 Å². The summed E-state index contributed by atoms with van der Waals surface area (Å²) in [5, 5.41) is 12.6. The number of hydrogen-bond donors (Lipinski definition) is 1. The highest BCUT2D eigenvalue weighted by molar-refractivity contribution is 5.76. The van der Waals surface area contributed by atoms with Gasteiger partial charge in [-0.25, -0.2) is 0 Å². The number of carbonyl (C=O) groups is 1. The summed E-state index contributed by atoms with van der Waals surface area (Å²) >= 11 is 0. The monoisotopic (exact) mass is 447 g/mol. The molecule has 1 atom stereocenters. The first-order chi connectivity index (χ1) is 14.4. The Hall–Kier alpha value is -3.64. The lowest BCUT2D eigenvalue weighted by Crippen LogP contribution is -2.26. The predicted molar refractivity (Wildman–Crippen MR) is 90.8 cm³/mol. The molecule has 0 aliphatic rings. The molecule has 0 amide bonds. The molecule has 3 aromatic rings. The molecule has 1 N–H and O–H groups in total. The number of halogens is 6. The van der Waals surface area contributed by atoms with Crippen molar-refractivity contribution in [3.05, 3.63) is 70.0 Å². The lowest BCUT2D eigenvalue weighted by molar-refractivity contribution is -0.159. The highest BCUT2D eigenvalue weighted by Gasteiger charge is 2.38. The van der Waals surface area contributed by atoms with Gasteiger partial charge in [-0.05, 0) is 17.7 Å². The third-order valence-corrected chi connectivity index (χ3v) is 4.22. The van der Waals surface area contributed by atoms with Gasteiger partial charge < -0.3 is 14.2 Å². The molecule has 31 heavy (non-hydrogen) atoms. The van der Waals surface area contributed by atoms with Gasteiger partial charge in [0.2, 0.25) is 5.82 Å². The number of hydrogen-bond acceptors (Lipinski definition) is 5. The van der Waals surface area contributed by atoms with E-state index >= 15 is 0 Å². The molecule has 0 bridgehead atoms. The maximum atomic E-state index is 12.9. The summed E-state index contributed by atoms with van der Waals surface area (Å²) in [6.07, 6.45) is -8.48. The Kier molecular flexibility index (Phi) is 5.61. The average Bonchev–Trinajstić information content (AvgIpc) is 3.17. The lowest BCUT2D eigenvalue weighted by Gasteiger charge is -2.16. The molecule has 2 aromatic heterocycles. The Morgan fingerprint density at radius 1 is 1.10 bits per heavy atom. The lowest BCUT2D eigenvalue weighted by atomic mass is 9.97. The van der Waals surface area contributed by atoms with E-state index in [4.69, 9.17) is 0 Å². The second-order valence-electron chi connectivity index (χ2n) is 6.34. The Bertz CT molecular complexity index is 1170. The van der Waals surface area contributed by atoms with Gasteiger partial charge in [0.1, 0.15) is 0 Å². The zero-order valence-electron chi connectivity index (χ0n) is 15.1. The molecule has 1 unspecified atom stereocenters. The minimum absolute atomic E-state index is 0.119. The number of carboxylic acids is 1. The fourth-order valence-electron chi connectivity index (χ4n) is 2.71. The minimum Gasteiger partial charge on any atom is -0.481 e. The van der Waals surface area contributed by atoms with Gasteiger partial charge in [-0.2, -0.15) is 31.3 Å². The van der Waals surface area contributed by atoms with Crippen molar-refractivity contribution in [3.8, 4) is 11.4 Å². The summed E-state index contributed by atoms with van der Waals surface area (Å²) < 4.78 is 81.4. The van der Waals surface area contributed by atoms with Crippen LogP contribution >= 0.6 is 0 Å². The maximum absolute atomic E-state index is 12.9. The average molecular weight is 447 g/mol. The van der Waals surface area contributed by atoms with Crippen molar-refractivity contribution < 1.29 is 40.8 Å². The summed E-state index contributed by atoms with van der Waals surface area (Å²) in [5.74, 6) is -5.08. The van der Waals surface area contributed by atoms with Crippen molar-refractivity contribution in [1.29, 1.82) is 0 Å². The summed E-state index contributed by atoms with van der Waals surface area (Å²) in [6.45, 7) is -0.518. The van der Waals surface area contributed by atoms with Gasteiger partial charge in [0, 0.05) is 24.4 Å². The smallest absolute Gasteiger partial charge is 0.471 e. The third kappa shape index (κ3) is 4.92. The molecule has 7 nitrogen and oxygen atoms in total. The largest absolute Gasteiger partial charge is 0.481 e. The van der Waals surface area contributed by atoms with Crippen molar-refractivity contribution in [2.45, 2.75) is 24.8 Å². The molecule has 0 fully saturated rings. The summed E-state index contributed by atoms with van der Waals surface area (Å²) in [6, 6.07) is 5.70. The Labute approximate surface area is 168 Å². The number of benzene rings is 1. The van der Waals surface area contributed by atoms with Crippen LogP contribution in [0.4, 0.5) is 26.3 Å². The molecule has 0 aliphatic heterocycles. The number of rotatable bonds is 5. The molecular weight excluding hydrogens is 436 g/mol. The number of carboxylic acid groups (broad SMARTS) is 1. The van der Waals surface area contributed by atoms with E-state index in [9.17, 15) is 41.0 Å². The zero-order chi connectivity index (χ0) is 23.0. The standard InChI is InChI=1S/C18H11F6N3O4/c19-17(20,21)11-3-1-2-9(6-11)12(15(29)30)8-27-5-4-10(7-13(27)28)14-25-16(31-26-14)18(22,23)24/h1-7,12H,8H2,(H,29,30). The Morgan fingerprint density at radius 2 is 1.81 bits per heavy atom. The molecule has 3 rings (SSSR count). The van der Waals surface area contributed by atoms with Crippen LogP contribution in [0.3, 0.4) is 0 Å². The van der Waals surface area contributed by atoms with Crippen molar-refractivity contribution in [3.63, 3.8) is 0 Å². The molecule has 0 spiro atoms. The quantitative estimate of drug-likeness (QED) is 0.598. The highest BCUT2D eigenvalue weighted by Crippen LogP contribution is 2.32. The van der Waals surface area contributed by atoms with Crippen molar-refractivity contribution >= 4 is 5.97 Å². The Balaban J connectivity index is 1.90. The fraction of sp³-hybridized carbons (Fsp3) is 0.222. The number of aliphatic carboxylic acids is 1. The van der Waals surface area contributed by atoms with Crippen molar-refractivity contribution in [2.75, 3.05) is 0 Å². The van der Waals surface area contributed by atoms with Gasteiger partial charge >= 0.3 is 24.2 Å². The Morgan fingerprint density at radius 3 is 2.35 bits per heavy atom. The van der Waals surface area contributed by atoms with E-state index in [2.05, 4.69) is 14.7 Å². The molecule has 0 saturated heterocycles. The van der Waals surface area contributed by atoms with Crippen LogP contribution in [0.1, 0.15) is 22.9 Å². The topological polar surface area (TPSA) is 98.2 Å². The van der Waals surface area contributed by atoms with Gasteiger partial charge in [0.25, 0.3) is 5.56 Å². The van der Waals surface area contributed by atoms with E-state index in [0.717, 1.165) is 35.0 Å². The molecule has 13 heteroatoms. The van der Waals surface area contributed by atoms with Crippen LogP contribution in [0.25, 0.3) is 11.4 Å². The molecule has 2 heterocycles. The van der Waals surface area contributed by atoms with Gasteiger partial charge in [0.05, 0.1) is 11.5 Å². The predicted octanol–water partition coefficient (Wildman–Crippen LogP) is 3.80.